The van der Waals surface area contributed by atoms with Crippen LogP contribution in [0.15, 0.2) is 11.6 Å². The second-order valence-corrected chi connectivity index (χ2v) is 2.82. The first kappa shape index (κ1) is 11.2. The van der Waals surface area contributed by atoms with Crippen molar-refractivity contribution in [1.82, 2.24) is 0 Å². The average molecular weight is 170 g/mol. The largest absolute Gasteiger partial charge is 0.459 e. The van der Waals surface area contributed by atoms with Gasteiger partial charge in [0.1, 0.15) is 6.10 Å². The van der Waals surface area contributed by atoms with Gasteiger partial charge in [0.15, 0.2) is 0 Å². The SMILES string of the molecule is CC=C(C)C(=O)OC(CC)CC. The summed E-state index contributed by atoms with van der Waals surface area (Å²) in [5.41, 5.74) is 0.682. The highest BCUT2D eigenvalue weighted by Crippen LogP contribution is 2.06. The zero-order valence-corrected chi connectivity index (χ0v) is 8.39. The van der Waals surface area contributed by atoms with Crippen LogP contribution in [0.1, 0.15) is 40.5 Å². The maximum absolute atomic E-state index is 11.2. The van der Waals surface area contributed by atoms with E-state index in [0.29, 0.717) is 5.57 Å². The third-order valence-electron chi connectivity index (χ3n) is 1.94. The minimum atomic E-state index is -0.189. The summed E-state index contributed by atoms with van der Waals surface area (Å²) in [5, 5.41) is 0. The third-order valence-corrected chi connectivity index (χ3v) is 1.94. The summed E-state index contributed by atoms with van der Waals surface area (Å²) in [7, 11) is 0. The van der Waals surface area contributed by atoms with E-state index in [2.05, 4.69) is 0 Å². The summed E-state index contributed by atoms with van der Waals surface area (Å²) in [6.45, 7) is 7.65. The molecule has 0 fully saturated rings. The number of carbonyl (C=O) groups is 1. The van der Waals surface area contributed by atoms with Crippen molar-refractivity contribution in [2.45, 2.75) is 46.6 Å². The van der Waals surface area contributed by atoms with Crippen LogP contribution in [0.3, 0.4) is 0 Å². The Balaban J connectivity index is 3.98. The van der Waals surface area contributed by atoms with Gasteiger partial charge in [-0.2, -0.15) is 0 Å². The molecule has 2 heteroatoms. The molecule has 0 aliphatic rings. The van der Waals surface area contributed by atoms with Crippen molar-refractivity contribution in [3.8, 4) is 0 Å². The van der Waals surface area contributed by atoms with Crippen LogP contribution in [0.25, 0.3) is 0 Å². The second-order valence-electron chi connectivity index (χ2n) is 2.82. The second kappa shape index (κ2) is 5.81. The van der Waals surface area contributed by atoms with Crippen LogP contribution in [0, 0.1) is 0 Å². The maximum Gasteiger partial charge on any atom is 0.333 e. The van der Waals surface area contributed by atoms with Crippen LogP contribution in [0.2, 0.25) is 0 Å². The Morgan fingerprint density at radius 3 is 2.25 bits per heavy atom. The van der Waals surface area contributed by atoms with Crippen LogP contribution < -0.4 is 0 Å². The number of allylic oxidation sites excluding steroid dienone is 1. The molecule has 0 aromatic carbocycles. The highest BCUT2D eigenvalue weighted by Gasteiger charge is 2.10. The molecule has 0 N–H and O–H groups in total. The predicted molar refractivity (Wildman–Crippen MR) is 49.9 cm³/mol. The predicted octanol–water partition coefficient (Wildman–Crippen LogP) is 2.68. The zero-order valence-electron chi connectivity index (χ0n) is 8.39. The normalized spacial score (nSPS) is 11.9. The molecule has 2 nitrogen and oxygen atoms in total. The van der Waals surface area contributed by atoms with E-state index in [9.17, 15) is 4.79 Å². The maximum atomic E-state index is 11.2. The number of carbonyl (C=O) groups excluding carboxylic acids is 1. The first-order valence-corrected chi connectivity index (χ1v) is 4.49. The number of hydrogen-bond acceptors (Lipinski definition) is 2. The van der Waals surface area contributed by atoms with Crippen molar-refractivity contribution < 1.29 is 9.53 Å². The molecule has 0 rings (SSSR count). The first-order valence-electron chi connectivity index (χ1n) is 4.49. The molecule has 0 aromatic heterocycles. The van der Waals surface area contributed by atoms with Gasteiger partial charge in [0.2, 0.25) is 0 Å². The van der Waals surface area contributed by atoms with Crippen LogP contribution in [-0.2, 0) is 9.53 Å². The van der Waals surface area contributed by atoms with Crippen molar-refractivity contribution in [2.24, 2.45) is 0 Å². The molecule has 0 atom stereocenters. The minimum absolute atomic E-state index is 0.0763. The Morgan fingerprint density at radius 2 is 1.92 bits per heavy atom. The number of esters is 1. The van der Waals surface area contributed by atoms with E-state index in [4.69, 9.17) is 4.74 Å². The standard InChI is InChI=1S/C10H18O2/c1-5-8(4)10(11)12-9(6-2)7-3/h5,9H,6-7H2,1-4H3. The zero-order chi connectivity index (χ0) is 9.56. The van der Waals surface area contributed by atoms with Crippen LogP contribution >= 0.6 is 0 Å². The molecule has 0 aliphatic heterocycles. The molecule has 12 heavy (non-hydrogen) atoms. The van der Waals surface area contributed by atoms with Gasteiger partial charge < -0.3 is 4.74 Å². The lowest BCUT2D eigenvalue weighted by molar-refractivity contribution is -0.144. The third kappa shape index (κ3) is 3.56. The van der Waals surface area contributed by atoms with Crippen molar-refractivity contribution >= 4 is 5.97 Å². The van der Waals surface area contributed by atoms with Gasteiger partial charge in [-0.05, 0) is 26.7 Å². The number of ether oxygens (including phenoxy) is 1. The molecule has 0 spiro atoms. The molecule has 0 aliphatic carbocycles. The lowest BCUT2D eigenvalue weighted by atomic mass is 10.2. The topological polar surface area (TPSA) is 26.3 Å². The molecule has 0 saturated heterocycles. The van der Waals surface area contributed by atoms with Gasteiger partial charge in [-0.25, -0.2) is 4.79 Å². The van der Waals surface area contributed by atoms with E-state index in [1.165, 1.54) is 0 Å². The lowest BCUT2D eigenvalue weighted by Gasteiger charge is -2.13. The van der Waals surface area contributed by atoms with Gasteiger partial charge in [0.25, 0.3) is 0 Å². The molecule has 70 valence electrons. The Labute approximate surface area is 74.6 Å². The summed E-state index contributed by atoms with van der Waals surface area (Å²) < 4.78 is 5.19. The van der Waals surface area contributed by atoms with Crippen molar-refractivity contribution in [3.05, 3.63) is 11.6 Å². The van der Waals surface area contributed by atoms with Gasteiger partial charge in [-0.1, -0.05) is 19.9 Å². The van der Waals surface area contributed by atoms with E-state index >= 15 is 0 Å². The molecule has 0 saturated carbocycles. The summed E-state index contributed by atoms with van der Waals surface area (Å²) in [6, 6.07) is 0. The first-order chi connectivity index (χ1) is 5.65. The minimum Gasteiger partial charge on any atom is -0.459 e. The Hall–Kier alpha value is -0.790. The quantitative estimate of drug-likeness (QED) is 0.479. The monoisotopic (exact) mass is 170 g/mol. The van der Waals surface area contributed by atoms with Gasteiger partial charge in [-0.15, -0.1) is 0 Å². The summed E-state index contributed by atoms with van der Waals surface area (Å²) in [4.78, 5) is 11.2. The van der Waals surface area contributed by atoms with E-state index in [1.807, 2.05) is 20.8 Å². The fraction of sp³-hybridized carbons (Fsp3) is 0.700. The summed E-state index contributed by atoms with van der Waals surface area (Å²) >= 11 is 0. The lowest BCUT2D eigenvalue weighted by Crippen LogP contribution is -2.16. The molecular weight excluding hydrogens is 152 g/mol. The van der Waals surface area contributed by atoms with E-state index < -0.39 is 0 Å². The smallest absolute Gasteiger partial charge is 0.333 e. The van der Waals surface area contributed by atoms with Crippen molar-refractivity contribution in [1.29, 1.82) is 0 Å². The molecular formula is C10H18O2. The Morgan fingerprint density at radius 1 is 1.42 bits per heavy atom. The summed E-state index contributed by atoms with van der Waals surface area (Å²) in [6.07, 6.45) is 3.62. The Bertz CT molecular complexity index is 167. The fourth-order valence-corrected chi connectivity index (χ4v) is 0.818. The van der Waals surface area contributed by atoms with Crippen LogP contribution in [-0.4, -0.2) is 12.1 Å². The number of rotatable bonds is 4. The molecule has 0 radical (unpaired) electrons. The average Bonchev–Trinajstić information content (AvgIpc) is 2.12. The fourth-order valence-electron chi connectivity index (χ4n) is 0.818. The number of hydrogen-bond donors (Lipinski definition) is 0. The molecule has 0 heterocycles. The van der Waals surface area contributed by atoms with E-state index in [-0.39, 0.29) is 12.1 Å². The summed E-state index contributed by atoms with van der Waals surface area (Å²) in [5.74, 6) is -0.189. The van der Waals surface area contributed by atoms with Crippen LogP contribution in [0.4, 0.5) is 0 Å². The van der Waals surface area contributed by atoms with Crippen molar-refractivity contribution in [3.63, 3.8) is 0 Å². The van der Waals surface area contributed by atoms with E-state index in [1.54, 1.807) is 13.0 Å². The van der Waals surface area contributed by atoms with Gasteiger partial charge in [0.05, 0.1) is 0 Å². The van der Waals surface area contributed by atoms with Gasteiger partial charge >= 0.3 is 5.97 Å². The van der Waals surface area contributed by atoms with Gasteiger partial charge in [0, 0.05) is 5.57 Å². The highest BCUT2D eigenvalue weighted by atomic mass is 16.5. The van der Waals surface area contributed by atoms with Crippen LogP contribution in [0.5, 0.6) is 0 Å². The van der Waals surface area contributed by atoms with Gasteiger partial charge in [-0.3, -0.25) is 0 Å². The molecule has 0 bridgehead atoms. The van der Waals surface area contributed by atoms with E-state index in [0.717, 1.165) is 12.8 Å². The Kier molecular flexibility index (Phi) is 5.43. The molecule has 0 amide bonds. The highest BCUT2D eigenvalue weighted by molar-refractivity contribution is 5.87. The van der Waals surface area contributed by atoms with Crippen molar-refractivity contribution in [2.75, 3.05) is 0 Å². The molecule has 0 aromatic rings. The molecule has 0 unspecified atom stereocenters.